The number of rotatable bonds is 3. The highest BCUT2D eigenvalue weighted by Gasteiger charge is 2.25. The van der Waals surface area contributed by atoms with Crippen LogP contribution >= 0.6 is 11.3 Å². The molecule has 1 heterocycles. The second-order valence-electron chi connectivity index (χ2n) is 4.51. The van der Waals surface area contributed by atoms with Gasteiger partial charge < -0.3 is 5.32 Å². The Hall–Kier alpha value is -0.900. The van der Waals surface area contributed by atoms with Gasteiger partial charge in [-0.2, -0.15) is 0 Å². The summed E-state index contributed by atoms with van der Waals surface area (Å²) in [6, 6.07) is 0. The van der Waals surface area contributed by atoms with E-state index in [1.165, 1.54) is 43.4 Å². The number of hydrogen-bond acceptors (Lipinski definition) is 3. The maximum atomic E-state index is 12.0. The summed E-state index contributed by atoms with van der Waals surface area (Å²) >= 11 is 1.47. The van der Waals surface area contributed by atoms with E-state index < -0.39 is 0 Å². The van der Waals surface area contributed by atoms with Gasteiger partial charge in [0, 0.05) is 17.5 Å². The van der Waals surface area contributed by atoms with Gasteiger partial charge in [-0.3, -0.25) is 4.79 Å². The SMILES string of the molecule is CC(C(=O)Nc1nccs1)C1CCCCC1. The van der Waals surface area contributed by atoms with E-state index in [9.17, 15) is 4.79 Å². The molecule has 1 aliphatic rings. The molecule has 0 saturated heterocycles. The maximum Gasteiger partial charge on any atom is 0.229 e. The van der Waals surface area contributed by atoms with Crippen LogP contribution < -0.4 is 5.32 Å². The molecular formula is C12H18N2OS. The molecule has 1 amide bonds. The number of hydrogen-bond donors (Lipinski definition) is 1. The minimum Gasteiger partial charge on any atom is -0.302 e. The summed E-state index contributed by atoms with van der Waals surface area (Å²) in [5.74, 6) is 0.805. The second kappa shape index (κ2) is 5.43. The van der Waals surface area contributed by atoms with Gasteiger partial charge >= 0.3 is 0 Å². The number of carbonyl (C=O) groups is 1. The molecule has 1 atom stereocenters. The van der Waals surface area contributed by atoms with Gasteiger partial charge in [0.25, 0.3) is 0 Å². The molecule has 2 rings (SSSR count). The van der Waals surface area contributed by atoms with Gasteiger partial charge in [-0.15, -0.1) is 11.3 Å². The van der Waals surface area contributed by atoms with E-state index in [0.717, 1.165) is 0 Å². The third kappa shape index (κ3) is 2.82. The Kier molecular flexibility index (Phi) is 3.93. The first-order chi connectivity index (χ1) is 7.77. The Labute approximate surface area is 100 Å². The van der Waals surface area contributed by atoms with Crippen molar-refractivity contribution in [2.75, 3.05) is 5.32 Å². The summed E-state index contributed by atoms with van der Waals surface area (Å²) in [6.07, 6.45) is 8.00. The van der Waals surface area contributed by atoms with Gasteiger partial charge in [-0.1, -0.05) is 26.2 Å². The van der Waals surface area contributed by atoms with Gasteiger partial charge in [-0.25, -0.2) is 4.98 Å². The maximum absolute atomic E-state index is 12.0. The number of anilines is 1. The minimum absolute atomic E-state index is 0.115. The first-order valence-corrected chi connectivity index (χ1v) is 6.85. The van der Waals surface area contributed by atoms with Crippen LogP contribution in [0.1, 0.15) is 39.0 Å². The molecule has 0 bridgehead atoms. The lowest BCUT2D eigenvalue weighted by Crippen LogP contribution is -2.28. The van der Waals surface area contributed by atoms with Crippen LogP contribution in [-0.2, 0) is 4.79 Å². The normalized spacial score (nSPS) is 19.3. The van der Waals surface area contributed by atoms with Gasteiger partial charge in [0.05, 0.1) is 0 Å². The van der Waals surface area contributed by atoms with Crippen molar-refractivity contribution in [3.63, 3.8) is 0 Å². The van der Waals surface area contributed by atoms with E-state index in [4.69, 9.17) is 0 Å². The summed E-state index contributed by atoms with van der Waals surface area (Å²) in [6.45, 7) is 2.04. The summed E-state index contributed by atoms with van der Waals surface area (Å²) in [5.41, 5.74) is 0. The Morgan fingerprint density at radius 2 is 2.25 bits per heavy atom. The summed E-state index contributed by atoms with van der Waals surface area (Å²) in [4.78, 5) is 16.0. The molecule has 3 nitrogen and oxygen atoms in total. The standard InChI is InChI=1S/C12H18N2OS/c1-9(10-5-3-2-4-6-10)11(15)14-12-13-7-8-16-12/h7-10H,2-6H2,1H3,(H,13,14,15). The first-order valence-electron chi connectivity index (χ1n) is 5.97. The zero-order valence-corrected chi connectivity index (χ0v) is 10.4. The van der Waals surface area contributed by atoms with Crippen molar-refractivity contribution in [3.8, 4) is 0 Å². The highest BCUT2D eigenvalue weighted by molar-refractivity contribution is 7.13. The van der Waals surface area contributed by atoms with Crippen molar-refractivity contribution in [2.24, 2.45) is 11.8 Å². The van der Waals surface area contributed by atoms with E-state index in [1.807, 2.05) is 12.3 Å². The van der Waals surface area contributed by atoms with Gasteiger partial charge in [0.15, 0.2) is 5.13 Å². The number of amides is 1. The Bertz CT molecular complexity index is 331. The van der Waals surface area contributed by atoms with Crippen LogP contribution in [0, 0.1) is 11.8 Å². The molecule has 1 aromatic heterocycles. The van der Waals surface area contributed by atoms with Crippen LogP contribution in [0.5, 0.6) is 0 Å². The fraction of sp³-hybridized carbons (Fsp3) is 0.667. The van der Waals surface area contributed by atoms with Crippen molar-refractivity contribution >= 4 is 22.4 Å². The molecule has 0 spiro atoms. The monoisotopic (exact) mass is 238 g/mol. The second-order valence-corrected chi connectivity index (χ2v) is 5.41. The van der Waals surface area contributed by atoms with Gasteiger partial charge in [-0.05, 0) is 18.8 Å². The number of nitrogens with one attached hydrogen (secondary N) is 1. The van der Waals surface area contributed by atoms with E-state index in [2.05, 4.69) is 10.3 Å². The zero-order chi connectivity index (χ0) is 11.4. The molecule has 1 aromatic rings. The van der Waals surface area contributed by atoms with E-state index in [-0.39, 0.29) is 11.8 Å². The van der Waals surface area contributed by atoms with Crippen LogP contribution in [0.15, 0.2) is 11.6 Å². The molecular weight excluding hydrogens is 220 g/mol. The summed E-state index contributed by atoms with van der Waals surface area (Å²) < 4.78 is 0. The number of aromatic nitrogens is 1. The van der Waals surface area contributed by atoms with Gasteiger partial charge in [0.1, 0.15) is 0 Å². The molecule has 16 heavy (non-hydrogen) atoms. The quantitative estimate of drug-likeness (QED) is 0.878. The number of nitrogens with zero attached hydrogens (tertiary/aromatic N) is 1. The lowest BCUT2D eigenvalue weighted by atomic mass is 9.80. The number of thiazole rings is 1. The minimum atomic E-state index is 0.115. The topological polar surface area (TPSA) is 42.0 Å². The van der Waals surface area contributed by atoms with Crippen molar-refractivity contribution < 1.29 is 4.79 Å². The van der Waals surface area contributed by atoms with Crippen LogP contribution in [-0.4, -0.2) is 10.9 Å². The van der Waals surface area contributed by atoms with Crippen LogP contribution in [0.3, 0.4) is 0 Å². The molecule has 88 valence electrons. The summed E-state index contributed by atoms with van der Waals surface area (Å²) in [7, 11) is 0. The molecule has 4 heteroatoms. The third-order valence-corrected chi connectivity index (χ3v) is 4.12. The average Bonchev–Trinajstić information content (AvgIpc) is 2.82. The molecule has 0 aromatic carbocycles. The molecule has 1 aliphatic carbocycles. The Balaban J connectivity index is 1.88. The highest BCUT2D eigenvalue weighted by atomic mass is 32.1. The van der Waals surface area contributed by atoms with Crippen LogP contribution in [0.25, 0.3) is 0 Å². The van der Waals surface area contributed by atoms with E-state index in [1.54, 1.807) is 6.20 Å². The molecule has 1 saturated carbocycles. The summed E-state index contributed by atoms with van der Waals surface area (Å²) in [5, 5.41) is 5.48. The molecule has 1 N–H and O–H groups in total. The van der Waals surface area contributed by atoms with Crippen LogP contribution in [0.2, 0.25) is 0 Å². The largest absolute Gasteiger partial charge is 0.302 e. The fourth-order valence-electron chi connectivity index (χ4n) is 2.35. The van der Waals surface area contributed by atoms with Crippen molar-refractivity contribution in [1.29, 1.82) is 0 Å². The molecule has 1 fully saturated rings. The van der Waals surface area contributed by atoms with E-state index in [0.29, 0.717) is 11.0 Å². The first kappa shape index (κ1) is 11.6. The lowest BCUT2D eigenvalue weighted by molar-refractivity contribution is -0.121. The molecule has 0 radical (unpaired) electrons. The van der Waals surface area contributed by atoms with Crippen molar-refractivity contribution in [3.05, 3.63) is 11.6 Å². The van der Waals surface area contributed by atoms with Crippen molar-refractivity contribution in [1.82, 2.24) is 4.98 Å². The highest BCUT2D eigenvalue weighted by Crippen LogP contribution is 2.30. The predicted molar refractivity (Wildman–Crippen MR) is 66.5 cm³/mol. The smallest absolute Gasteiger partial charge is 0.229 e. The number of carbonyl (C=O) groups excluding carboxylic acids is 1. The van der Waals surface area contributed by atoms with Gasteiger partial charge in [0.2, 0.25) is 5.91 Å². The Morgan fingerprint density at radius 1 is 1.50 bits per heavy atom. The molecule has 1 unspecified atom stereocenters. The molecule has 0 aliphatic heterocycles. The predicted octanol–water partition coefficient (Wildman–Crippen LogP) is 3.30. The Morgan fingerprint density at radius 3 is 2.88 bits per heavy atom. The average molecular weight is 238 g/mol. The van der Waals surface area contributed by atoms with Crippen molar-refractivity contribution in [2.45, 2.75) is 39.0 Å². The van der Waals surface area contributed by atoms with E-state index >= 15 is 0 Å². The third-order valence-electron chi connectivity index (χ3n) is 3.43. The fourth-order valence-corrected chi connectivity index (χ4v) is 2.88. The van der Waals surface area contributed by atoms with Crippen LogP contribution in [0.4, 0.5) is 5.13 Å². The zero-order valence-electron chi connectivity index (χ0n) is 9.61. The lowest BCUT2D eigenvalue weighted by Gasteiger charge is -2.26.